The van der Waals surface area contributed by atoms with Crippen LogP contribution in [0.3, 0.4) is 0 Å². The Hall–Kier alpha value is -1.73. The number of thiocarbonyl (C=S) groups is 1. The van der Waals surface area contributed by atoms with Crippen LogP contribution in [0.25, 0.3) is 0 Å². The second-order valence-electron chi connectivity index (χ2n) is 8.48. The van der Waals surface area contributed by atoms with Gasteiger partial charge < -0.3 is 21.5 Å². The van der Waals surface area contributed by atoms with Gasteiger partial charge in [0.15, 0.2) is 5.11 Å². The Morgan fingerprint density at radius 2 is 2.19 bits per heavy atom. The second kappa shape index (κ2) is 6.16. The molecule has 4 aliphatic carbocycles. The molecule has 0 saturated heterocycles. The number of nitrogens with two attached hydrogens (primary N) is 2. The van der Waals surface area contributed by atoms with Gasteiger partial charge in [-0.05, 0) is 74.2 Å². The number of hydrogen-bond acceptors (Lipinski definition) is 4. The van der Waals surface area contributed by atoms with Gasteiger partial charge >= 0.3 is 0 Å². The number of nitrogens with zero attached hydrogens (tertiary/aromatic N) is 2. The molecular formula is C19H26N4O2S. The molecule has 5 unspecified atom stereocenters. The summed E-state index contributed by atoms with van der Waals surface area (Å²) in [5, 5.41) is 11.3. The molecule has 6 nitrogen and oxygen atoms in total. The smallest absolute Gasteiger partial charge is 0.225 e. The van der Waals surface area contributed by atoms with Gasteiger partial charge in [0.05, 0.1) is 11.0 Å². The molecule has 1 amide bonds. The third-order valence-corrected chi connectivity index (χ3v) is 6.97. The predicted molar refractivity (Wildman–Crippen MR) is 102 cm³/mol. The highest BCUT2D eigenvalue weighted by molar-refractivity contribution is 7.80. The first-order chi connectivity index (χ1) is 12.3. The van der Waals surface area contributed by atoms with Gasteiger partial charge in [-0.25, -0.2) is 0 Å². The van der Waals surface area contributed by atoms with E-state index < -0.39 is 11.0 Å². The average Bonchev–Trinajstić information content (AvgIpc) is 2.56. The molecule has 1 aromatic heterocycles. The number of aliphatic hydroxyl groups is 1. The summed E-state index contributed by atoms with van der Waals surface area (Å²) >= 11 is 5.37. The van der Waals surface area contributed by atoms with E-state index in [2.05, 4.69) is 4.98 Å². The molecule has 4 fully saturated rings. The molecule has 26 heavy (non-hydrogen) atoms. The lowest BCUT2D eigenvalue weighted by molar-refractivity contribution is -0.197. The Morgan fingerprint density at radius 3 is 2.81 bits per heavy atom. The predicted octanol–water partition coefficient (Wildman–Crippen LogP) is 0.965. The Labute approximate surface area is 158 Å². The van der Waals surface area contributed by atoms with Crippen molar-refractivity contribution >= 4 is 23.2 Å². The Bertz CT molecular complexity index is 730. The first kappa shape index (κ1) is 17.7. The van der Waals surface area contributed by atoms with Crippen LogP contribution in [0.4, 0.5) is 0 Å². The minimum absolute atomic E-state index is 0.119. The van der Waals surface area contributed by atoms with Crippen molar-refractivity contribution < 1.29 is 9.90 Å². The van der Waals surface area contributed by atoms with E-state index in [0.29, 0.717) is 30.4 Å². The lowest BCUT2D eigenvalue weighted by Crippen LogP contribution is -2.71. The van der Waals surface area contributed by atoms with Gasteiger partial charge in [-0.15, -0.1) is 0 Å². The van der Waals surface area contributed by atoms with E-state index in [1.54, 1.807) is 6.20 Å². The zero-order valence-corrected chi connectivity index (χ0v) is 15.6. The maximum atomic E-state index is 12.6. The largest absolute Gasteiger partial charge is 0.390 e. The van der Waals surface area contributed by atoms with E-state index in [-0.39, 0.29) is 17.9 Å². The number of carbonyl (C=O) groups excluding carboxylic acids is 1. The maximum Gasteiger partial charge on any atom is 0.225 e. The lowest BCUT2D eigenvalue weighted by atomic mass is 9.45. The standard InChI is InChI=1S/C19H26N4O2S/c20-16(24)19-8-13-6-14(9-18(25,7-13)11-19)15(19)23(17(21)26)5-3-12-2-1-4-22-10-12/h1-2,4,10,13-15,25H,3,5-9,11H2,(H2,20,24)(H2,21,26). The van der Waals surface area contributed by atoms with Gasteiger partial charge in [0.2, 0.25) is 5.91 Å². The number of amides is 1. The van der Waals surface area contributed by atoms with Crippen LogP contribution < -0.4 is 11.5 Å². The second-order valence-corrected chi connectivity index (χ2v) is 8.90. The maximum absolute atomic E-state index is 12.6. The first-order valence-electron chi connectivity index (χ1n) is 9.30. The molecule has 5 N–H and O–H groups in total. The zero-order chi connectivity index (χ0) is 18.5. The summed E-state index contributed by atoms with van der Waals surface area (Å²) < 4.78 is 0. The summed E-state index contributed by atoms with van der Waals surface area (Å²) in [6.07, 6.45) is 7.99. The highest BCUT2D eigenvalue weighted by Crippen LogP contribution is 2.62. The van der Waals surface area contributed by atoms with Crippen LogP contribution >= 0.6 is 12.2 Å². The third kappa shape index (κ3) is 2.77. The lowest BCUT2D eigenvalue weighted by Gasteiger charge is -2.64. The molecule has 1 aromatic rings. The van der Waals surface area contributed by atoms with Gasteiger partial charge in [0, 0.05) is 25.0 Å². The molecule has 7 heteroatoms. The number of rotatable bonds is 5. The molecule has 5 atom stereocenters. The molecule has 4 aliphatic rings. The summed E-state index contributed by atoms with van der Waals surface area (Å²) in [4.78, 5) is 18.8. The number of hydrogen-bond donors (Lipinski definition) is 3. The summed E-state index contributed by atoms with van der Waals surface area (Å²) in [6, 6.07) is 3.81. The summed E-state index contributed by atoms with van der Waals surface area (Å²) in [5.74, 6) is 0.240. The normalized spacial score (nSPS) is 37.5. The van der Waals surface area contributed by atoms with Crippen LogP contribution in [0.1, 0.15) is 37.7 Å². The Kier molecular flexibility index (Phi) is 4.19. The van der Waals surface area contributed by atoms with Crippen LogP contribution in [0.5, 0.6) is 0 Å². The molecule has 4 bridgehead atoms. The summed E-state index contributed by atoms with van der Waals surface area (Å²) in [7, 11) is 0. The fraction of sp³-hybridized carbons (Fsp3) is 0.632. The minimum atomic E-state index is -0.761. The molecule has 4 saturated carbocycles. The van der Waals surface area contributed by atoms with Gasteiger partial charge in [0.25, 0.3) is 0 Å². The third-order valence-electron chi connectivity index (χ3n) is 6.73. The van der Waals surface area contributed by atoms with Crippen molar-refractivity contribution in [2.75, 3.05) is 6.54 Å². The van der Waals surface area contributed by atoms with E-state index in [9.17, 15) is 9.90 Å². The average molecular weight is 375 g/mol. The Balaban J connectivity index is 1.64. The fourth-order valence-electron chi connectivity index (χ4n) is 6.16. The number of primary amides is 1. The van der Waals surface area contributed by atoms with Crippen LogP contribution in [0.2, 0.25) is 0 Å². The monoisotopic (exact) mass is 374 g/mol. The highest BCUT2D eigenvalue weighted by Gasteiger charge is 2.66. The van der Waals surface area contributed by atoms with Crippen LogP contribution in [-0.4, -0.2) is 44.2 Å². The zero-order valence-electron chi connectivity index (χ0n) is 14.8. The fourth-order valence-corrected chi connectivity index (χ4v) is 6.37. The topological polar surface area (TPSA) is 105 Å². The molecule has 0 aromatic carbocycles. The number of aromatic nitrogens is 1. The van der Waals surface area contributed by atoms with Crippen molar-refractivity contribution in [3.05, 3.63) is 30.1 Å². The van der Waals surface area contributed by atoms with Gasteiger partial charge in [-0.2, -0.15) is 0 Å². The number of pyridine rings is 1. The Morgan fingerprint density at radius 1 is 1.38 bits per heavy atom. The molecule has 0 aliphatic heterocycles. The molecule has 0 spiro atoms. The molecular weight excluding hydrogens is 348 g/mol. The van der Waals surface area contributed by atoms with E-state index in [0.717, 1.165) is 31.2 Å². The van der Waals surface area contributed by atoms with Gasteiger partial charge in [0.1, 0.15) is 0 Å². The molecule has 1 heterocycles. The van der Waals surface area contributed by atoms with E-state index >= 15 is 0 Å². The van der Waals surface area contributed by atoms with Gasteiger partial charge in [-0.3, -0.25) is 9.78 Å². The van der Waals surface area contributed by atoms with Crippen molar-refractivity contribution in [2.45, 2.75) is 50.2 Å². The van der Waals surface area contributed by atoms with Crippen molar-refractivity contribution in [1.82, 2.24) is 9.88 Å². The minimum Gasteiger partial charge on any atom is -0.390 e. The SMILES string of the molecule is NC(=O)C12CC3CC(CC(O)(C3)C1)C2N(CCc1cccnc1)C(N)=S. The van der Waals surface area contributed by atoms with Crippen molar-refractivity contribution in [3.63, 3.8) is 0 Å². The van der Waals surface area contributed by atoms with Crippen molar-refractivity contribution in [2.24, 2.45) is 28.7 Å². The van der Waals surface area contributed by atoms with E-state index in [1.807, 2.05) is 23.2 Å². The van der Waals surface area contributed by atoms with Crippen LogP contribution in [0, 0.1) is 17.3 Å². The molecule has 5 rings (SSSR count). The first-order valence-corrected chi connectivity index (χ1v) is 9.71. The van der Waals surface area contributed by atoms with E-state index in [4.69, 9.17) is 23.7 Å². The van der Waals surface area contributed by atoms with Crippen molar-refractivity contribution in [1.29, 1.82) is 0 Å². The van der Waals surface area contributed by atoms with E-state index in [1.165, 1.54) is 0 Å². The van der Waals surface area contributed by atoms with Crippen molar-refractivity contribution in [3.8, 4) is 0 Å². The summed E-state index contributed by atoms with van der Waals surface area (Å²) in [6.45, 7) is 0.625. The highest BCUT2D eigenvalue weighted by atomic mass is 32.1. The quantitative estimate of drug-likeness (QED) is 0.663. The molecule has 140 valence electrons. The van der Waals surface area contributed by atoms with Crippen LogP contribution in [-0.2, 0) is 11.2 Å². The summed E-state index contributed by atoms with van der Waals surface area (Å²) in [5.41, 5.74) is 11.6. The number of carbonyl (C=O) groups is 1. The van der Waals surface area contributed by atoms with Crippen LogP contribution in [0.15, 0.2) is 24.5 Å². The molecule has 0 radical (unpaired) electrons. The van der Waals surface area contributed by atoms with Gasteiger partial charge in [-0.1, -0.05) is 6.07 Å².